The van der Waals surface area contributed by atoms with Crippen LogP contribution in [0.4, 0.5) is 10.5 Å². The lowest BCUT2D eigenvalue weighted by Crippen LogP contribution is -2.47. The number of nitrogens with zero attached hydrogens (tertiary/aromatic N) is 3. The Morgan fingerprint density at radius 2 is 2.13 bits per heavy atom. The Bertz CT molecular complexity index is 697. The van der Waals surface area contributed by atoms with Gasteiger partial charge in [-0.05, 0) is 37.5 Å². The number of para-hydroxylation sites is 2. The maximum absolute atomic E-state index is 12.5. The van der Waals surface area contributed by atoms with Gasteiger partial charge in [-0.3, -0.25) is 0 Å². The summed E-state index contributed by atoms with van der Waals surface area (Å²) in [5, 5.41) is 17.3. The summed E-state index contributed by atoms with van der Waals surface area (Å²) in [6.07, 6.45) is 2.22. The molecule has 0 spiro atoms. The Morgan fingerprint density at radius 1 is 1.35 bits per heavy atom. The Hall–Kier alpha value is -2.34. The molecule has 6 nitrogen and oxygen atoms in total. The molecule has 1 aromatic heterocycles. The van der Waals surface area contributed by atoms with Crippen molar-refractivity contribution in [3.05, 3.63) is 42.2 Å². The molecular formula is C17H22N4O2. The molecule has 2 unspecified atom stereocenters. The van der Waals surface area contributed by atoms with Gasteiger partial charge >= 0.3 is 6.03 Å². The second-order valence-electron chi connectivity index (χ2n) is 6.13. The summed E-state index contributed by atoms with van der Waals surface area (Å²) in [5.41, 5.74) is 2.44. The predicted octanol–water partition coefficient (Wildman–Crippen LogP) is 2.42. The van der Waals surface area contributed by atoms with E-state index in [1.54, 1.807) is 9.58 Å². The average molecular weight is 314 g/mol. The van der Waals surface area contributed by atoms with E-state index in [2.05, 4.69) is 10.4 Å². The quantitative estimate of drug-likeness (QED) is 0.894. The lowest BCUT2D eigenvalue weighted by molar-refractivity contribution is 0.0464. The number of aryl methyl sites for hydroxylation is 1. The topological polar surface area (TPSA) is 70.4 Å². The minimum absolute atomic E-state index is 0.188. The van der Waals surface area contributed by atoms with Crippen molar-refractivity contribution in [3.63, 3.8) is 0 Å². The summed E-state index contributed by atoms with van der Waals surface area (Å²) < 4.78 is 1.75. The Kier molecular flexibility index (Phi) is 4.34. The van der Waals surface area contributed by atoms with Crippen molar-refractivity contribution >= 4 is 11.7 Å². The number of urea groups is 1. The highest BCUT2D eigenvalue weighted by atomic mass is 16.3. The second kappa shape index (κ2) is 6.42. The van der Waals surface area contributed by atoms with Gasteiger partial charge in [-0.1, -0.05) is 19.1 Å². The number of aliphatic hydroxyl groups is 1. The van der Waals surface area contributed by atoms with Gasteiger partial charge in [0.1, 0.15) is 0 Å². The van der Waals surface area contributed by atoms with Gasteiger partial charge in [-0.15, -0.1) is 0 Å². The van der Waals surface area contributed by atoms with Crippen molar-refractivity contribution in [1.82, 2.24) is 14.7 Å². The molecule has 1 aliphatic rings. The zero-order valence-electron chi connectivity index (χ0n) is 13.4. The molecule has 0 aliphatic carbocycles. The molecule has 3 rings (SSSR count). The number of anilines is 1. The van der Waals surface area contributed by atoms with Gasteiger partial charge in [0.15, 0.2) is 0 Å². The normalized spacial score (nSPS) is 21.3. The van der Waals surface area contributed by atoms with E-state index < -0.39 is 6.10 Å². The predicted molar refractivity (Wildman–Crippen MR) is 88.7 cm³/mol. The largest absolute Gasteiger partial charge is 0.391 e. The van der Waals surface area contributed by atoms with Gasteiger partial charge in [0.2, 0.25) is 0 Å². The van der Waals surface area contributed by atoms with E-state index in [1.807, 2.05) is 50.4 Å². The zero-order chi connectivity index (χ0) is 16.4. The lowest BCUT2D eigenvalue weighted by Gasteiger charge is -2.34. The number of β-amino-alcohol motifs (C(OH)–C–C–N with tert-alkyl or cyclic N) is 1. The van der Waals surface area contributed by atoms with Crippen molar-refractivity contribution < 1.29 is 9.90 Å². The average Bonchev–Trinajstić information content (AvgIpc) is 2.97. The van der Waals surface area contributed by atoms with E-state index >= 15 is 0 Å². The number of hydrogen-bond donors (Lipinski definition) is 2. The first-order chi connectivity index (χ1) is 11.0. The van der Waals surface area contributed by atoms with Crippen LogP contribution < -0.4 is 5.32 Å². The highest BCUT2D eigenvalue weighted by molar-refractivity contribution is 5.91. The number of rotatable bonds is 2. The van der Waals surface area contributed by atoms with Crippen molar-refractivity contribution in [2.75, 3.05) is 18.4 Å². The smallest absolute Gasteiger partial charge is 0.321 e. The van der Waals surface area contributed by atoms with Crippen LogP contribution >= 0.6 is 0 Å². The fourth-order valence-electron chi connectivity index (χ4n) is 2.76. The number of benzene rings is 1. The molecule has 0 bridgehead atoms. The Labute approximate surface area is 135 Å². The molecule has 23 heavy (non-hydrogen) atoms. The first kappa shape index (κ1) is 15.6. The fraction of sp³-hybridized carbons (Fsp3) is 0.412. The molecule has 2 heterocycles. The number of carbonyl (C=O) groups is 1. The number of aromatic nitrogens is 2. The minimum atomic E-state index is -0.460. The molecule has 0 saturated carbocycles. The van der Waals surface area contributed by atoms with Gasteiger partial charge in [-0.25, -0.2) is 9.48 Å². The lowest BCUT2D eigenvalue weighted by atomic mass is 9.96. The maximum Gasteiger partial charge on any atom is 0.321 e. The van der Waals surface area contributed by atoms with E-state index in [9.17, 15) is 9.90 Å². The maximum atomic E-state index is 12.5. The summed E-state index contributed by atoms with van der Waals surface area (Å²) in [6, 6.07) is 9.28. The molecule has 0 radical (unpaired) electrons. The molecule has 1 aromatic carbocycles. The molecule has 2 amide bonds. The third kappa shape index (κ3) is 3.37. The van der Waals surface area contributed by atoms with Crippen LogP contribution in [-0.4, -0.2) is 45.0 Å². The van der Waals surface area contributed by atoms with E-state index in [0.29, 0.717) is 18.8 Å². The van der Waals surface area contributed by atoms with E-state index in [4.69, 9.17) is 0 Å². The van der Waals surface area contributed by atoms with Crippen LogP contribution in [0.15, 0.2) is 36.5 Å². The highest BCUT2D eigenvalue weighted by Gasteiger charge is 2.27. The van der Waals surface area contributed by atoms with E-state index in [0.717, 1.165) is 17.8 Å². The van der Waals surface area contributed by atoms with Crippen molar-refractivity contribution in [2.24, 2.45) is 5.92 Å². The molecule has 122 valence electrons. The summed E-state index contributed by atoms with van der Waals surface area (Å²) in [7, 11) is 0. The molecule has 1 saturated heterocycles. The van der Waals surface area contributed by atoms with Gasteiger partial charge < -0.3 is 15.3 Å². The number of piperidine rings is 1. The van der Waals surface area contributed by atoms with Crippen LogP contribution in [0.2, 0.25) is 0 Å². The molecule has 2 atom stereocenters. The molecular weight excluding hydrogens is 292 g/mol. The molecule has 2 N–H and O–H groups in total. The van der Waals surface area contributed by atoms with Crippen molar-refractivity contribution in [3.8, 4) is 5.69 Å². The third-order valence-corrected chi connectivity index (χ3v) is 4.32. The minimum Gasteiger partial charge on any atom is -0.391 e. The first-order valence-corrected chi connectivity index (χ1v) is 7.90. The third-order valence-electron chi connectivity index (χ3n) is 4.32. The number of nitrogens with one attached hydrogen (secondary N) is 1. The SMILES string of the molecule is Cc1ccn(-c2ccccc2NC(=O)N2CCC(C)C(O)C2)n1. The van der Waals surface area contributed by atoms with E-state index in [-0.39, 0.29) is 11.9 Å². The zero-order valence-corrected chi connectivity index (χ0v) is 13.4. The van der Waals surface area contributed by atoms with Gasteiger partial charge in [0.05, 0.1) is 23.2 Å². The van der Waals surface area contributed by atoms with Crippen LogP contribution in [0.5, 0.6) is 0 Å². The summed E-state index contributed by atoms with van der Waals surface area (Å²) in [4.78, 5) is 14.1. The molecule has 6 heteroatoms. The van der Waals surface area contributed by atoms with Gasteiger partial charge in [-0.2, -0.15) is 5.10 Å². The Balaban J connectivity index is 1.77. The number of likely N-dealkylation sites (tertiary alicyclic amines) is 1. The van der Waals surface area contributed by atoms with Crippen molar-refractivity contribution in [1.29, 1.82) is 0 Å². The van der Waals surface area contributed by atoms with Gasteiger partial charge in [0.25, 0.3) is 0 Å². The van der Waals surface area contributed by atoms with Crippen LogP contribution in [0.25, 0.3) is 5.69 Å². The number of aliphatic hydroxyl groups excluding tert-OH is 1. The summed E-state index contributed by atoms with van der Waals surface area (Å²) >= 11 is 0. The standard InChI is InChI=1S/C17H22N4O2/c1-12-7-9-20(11-16(12)22)17(23)18-14-5-3-4-6-15(14)21-10-8-13(2)19-21/h3-6,8,10,12,16,22H,7,9,11H2,1-2H3,(H,18,23). The fourth-order valence-corrected chi connectivity index (χ4v) is 2.76. The van der Waals surface area contributed by atoms with Crippen LogP contribution in [0, 0.1) is 12.8 Å². The van der Waals surface area contributed by atoms with E-state index in [1.165, 1.54) is 0 Å². The molecule has 1 fully saturated rings. The van der Waals surface area contributed by atoms with Crippen LogP contribution in [0.1, 0.15) is 19.0 Å². The van der Waals surface area contributed by atoms with Gasteiger partial charge in [0, 0.05) is 19.3 Å². The summed E-state index contributed by atoms with van der Waals surface area (Å²) in [6.45, 7) is 4.96. The molecule has 1 aliphatic heterocycles. The number of hydrogen-bond acceptors (Lipinski definition) is 3. The summed E-state index contributed by atoms with van der Waals surface area (Å²) in [5.74, 6) is 0.235. The Morgan fingerprint density at radius 3 is 2.83 bits per heavy atom. The van der Waals surface area contributed by atoms with Crippen LogP contribution in [-0.2, 0) is 0 Å². The monoisotopic (exact) mass is 314 g/mol. The number of amides is 2. The van der Waals surface area contributed by atoms with Crippen molar-refractivity contribution in [2.45, 2.75) is 26.4 Å². The number of carbonyl (C=O) groups excluding carboxylic acids is 1. The first-order valence-electron chi connectivity index (χ1n) is 7.90. The highest BCUT2D eigenvalue weighted by Crippen LogP contribution is 2.22. The van der Waals surface area contributed by atoms with Crippen LogP contribution in [0.3, 0.4) is 0 Å². The second-order valence-corrected chi connectivity index (χ2v) is 6.13. The molecule has 2 aromatic rings.